The van der Waals surface area contributed by atoms with Gasteiger partial charge in [-0.05, 0) is 19.9 Å². The van der Waals surface area contributed by atoms with Gasteiger partial charge in [0.25, 0.3) is 5.69 Å². The minimum absolute atomic E-state index is 0.0806. The quantitative estimate of drug-likeness (QED) is 0.634. The molecule has 1 N–H and O–H groups in total. The van der Waals surface area contributed by atoms with E-state index in [2.05, 4.69) is 0 Å². The molecule has 104 valence electrons. The predicted octanol–water partition coefficient (Wildman–Crippen LogP) is 2.42. The maximum absolute atomic E-state index is 13.3. The van der Waals surface area contributed by atoms with Gasteiger partial charge in [-0.15, -0.1) is 0 Å². The number of carbonyl (C=O) groups is 1. The summed E-state index contributed by atoms with van der Waals surface area (Å²) >= 11 is 0. The predicted molar refractivity (Wildman–Crippen MR) is 67.8 cm³/mol. The van der Waals surface area contributed by atoms with Gasteiger partial charge in [-0.1, -0.05) is 0 Å². The van der Waals surface area contributed by atoms with Crippen LogP contribution in [0.25, 0.3) is 0 Å². The molecule has 0 aromatic heterocycles. The van der Waals surface area contributed by atoms with E-state index >= 15 is 0 Å². The largest absolute Gasteiger partial charge is 0.481 e. The summed E-state index contributed by atoms with van der Waals surface area (Å²) in [6.45, 7) is 3.60. The van der Waals surface area contributed by atoms with Gasteiger partial charge in [0.05, 0.1) is 11.3 Å². The number of aliphatic carboxylic acids is 1. The smallest absolute Gasteiger partial charge is 0.305 e. The van der Waals surface area contributed by atoms with E-state index in [1.807, 2.05) is 0 Å². The molecule has 1 rings (SSSR count). The molecule has 19 heavy (non-hydrogen) atoms. The molecule has 0 saturated heterocycles. The number of rotatable bonds is 6. The topological polar surface area (TPSA) is 83.7 Å². The van der Waals surface area contributed by atoms with Crippen molar-refractivity contribution in [2.75, 3.05) is 11.4 Å². The number of benzene rings is 1. The zero-order valence-corrected chi connectivity index (χ0v) is 10.7. The molecule has 1 aromatic carbocycles. The summed E-state index contributed by atoms with van der Waals surface area (Å²) in [6.07, 6.45) is -0.175. The van der Waals surface area contributed by atoms with Crippen LogP contribution in [0.2, 0.25) is 0 Å². The van der Waals surface area contributed by atoms with Crippen LogP contribution in [0, 0.1) is 15.9 Å². The standard InChI is InChI=1S/C12H15FN2O4/c1-8(2)14(6-5-12(16)17)11-7-9(13)3-4-10(11)15(18)19/h3-4,7-8H,5-6H2,1-2H3,(H,16,17). The van der Waals surface area contributed by atoms with E-state index in [9.17, 15) is 19.3 Å². The Morgan fingerprint density at radius 2 is 2.16 bits per heavy atom. The Morgan fingerprint density at radius 3 is 2.63 bits per heavy atom. The van der Waals surface area contributed by atoms with Crippen molar-refractivity contribution in [3.05, 3.63) is 34.1 Å². The van der Waals surface area contributed by atoms with Crippen molar-refractivity contribution < 1.29 is 19.2 Å². The molecule has 0 fully saturated rings. The van der Waals surface area contributed by atoms with Crippen molar-refractivity contribution in [3.8, 4) is 0 Å². The third-order valence-corrected chi connectivity index (χ3v) is 2.63. The first-order chi connectivity index (χ1) is 8.82. The fourth-order valence-electron chi connectivity index (χ4n) is 1.75. The molecule has 0 radical (unpaired) electrons. The first-order valence-corrected chi connectivity index (χ1v) is 5.75. The van der Waals surface area contributed by atoms with Gasteiger partial charge in [0.15, 0.2) is 0 Å². The summed E-state index contributed by atoms with van der Waals surface area (Å²) in [6, 6.07) is 2.97. The number of carboxylic acids is 1. The molecule has 1 aromatic rings. The van der Waals surface area contributed by atoms with Crippen molar-refractivity contribution in [2.24, 2.45) is 0 Å². The number of carboxylic acid groups (broad SMARTS) is 1. The van der Waals surface area contributed by atoms with Gasteiger partial charge in [-0.2, -0.15) is 0 Å². The second kappa shape index (κ2) is 6.12. The van der Waals surface area contributed by atoms with Gasteiger partial charge in [-0.25, -0.2) is 4.39 Å². The Bertz CT molecular complexity index is 491. The van der Waals surface area contributed by atoms with Crippen molar-refractivity contribution >= 4 is 17.3 Å². The van der Waals surface area contributed by atoms with Crippen LogP contribution in [-0.2, 0) is 4.79 Å². The second-order valence-electron chi connectivity index (χ2n) is 4.32. The first kappa shape index (κ1) is 14.9. The van der Waals surface area contributed by atoms with Gasteiger partial charge in [-0.3, -0.25) is 14.9 Å². The number of anilines is 1. The first-order valence-electron chi connectivity index (χ1n) is 5.75. The van der Waals surface area contributed by atoms with Gasteiger partial charge in [0.1, 0.15) is 11.5 Å². The molecule has 0 unspecified atom stereocenters. The highest BCUT2D eigenvalue weighted by Gasteiger charge is 2.22. The summed E-state index contributed by atoms with van der Waals surface area (Å²) in [5.41, 5.74) is -0.137. The van der Waals surface area contributed by atoms with E-state index < -0.39 is 16.7 Å². The number of hydrogen-bond donors (Lipinski definition) is 1. The Kier molecular flexibility index (Phi) is 4.80. The number of nitrogens with zero attached hydrogens (tertiary/aromatic N) is 2. The van der Waals surface area contributed by atoms with E-state index in [1.54, 1.807) is 13.8 Å². The van der Waals surface area contributed by atoms with E-state index in [4.69, 9.17) is 5.11 Å². The molecule has 7 heteroatoms. The van der Waals surface area contributed by atoms with Crippen LogP contribution in [0.3, 0.4) is 0 Å². The van der Waals surface area contributed by atoms with Crippen molar-refractivity contribution in [2.45, 2.75) is 26.3 Å². The van der Waals surface area contributed by atoms with Crippen molar-refractivity contribution in [3.63, 3.8) is 0 Å². The van der Waals surface area contributed by atoms with Crippen LogP contribution in [0.1, 0.15) is 20.3 Å². The molecule has 0 spiro atoms. The monoisotopic (exact) mass is 270 g/mol. The lowest BCUT2D eigenvalue weighted by atomic mass is 10.2. The van der Waals surface area contributed by atoms with Crippen molar-refractivity contribution in [1.29, 1.82) is 0 Å². The molecule has 0 saturated carbocycles. The second-order valence-corrected chi connectivity index (χ2v) is 4.32. The van der Waals surface area contributed by atoms with Crippen LogP contribution >= 0.6 is 0 Å². The lowest BCUT2D eigenvalue weighted by molar-refractivity contribution is -0.384. The number of halogens is 1. The Morgan fingerprint density at radius 1 is 1.53 bits per heavy atom. The highest BCUT2D eigenvalue weighted by molar-refractivity contribution is 5.69. The molecular formula is C12H15FN2O4. The minimum atomic E-state index is -1.01. The number of nitro groups is 1. The summed E-state index contributed by atoms with van der Waals surface area (Å²) < 4.78 is 13.3. The Balaban J connectivity index is 3.17. The van der Waals surface area contributed by atoms with Gasteiger partial charge in [0.2, 0.25) is 0 Å². The third-order valence-electron chi connectivity index (χ3n) is 2.63. The molecule has 0 atom stereocenters. The molecule has 0 aliphatic heterocycles. The van der Waals surface area contributed by atoms with E-state index in [0.717, 1.165) is 18.2 Å². The maximum Gasteiger partial charge on any atom is 0.305 e. The minimum Gasteiger partial charge on any atom is -0.481 e. The maximum atomic E-state index is 13.3. The van der Waals surface area contributed by atoms with Crippen LogP contribution in [0.15, 0.2) is 18.2 Å². The number of nitro benzene ring substituents is 1. The van der Waals surface area contributed by atoms with Crippen LogP contribution < -0.4 is 4.90 Å². The average molecular weight is 270 g/mol. The molecule has 6 nitrogen and oxygen atoms in total. The summed E-state index contributed by atoms with van der Waals surface area (Å²) in [7, 11) is 0. The molecule has 0 heterocycles. The Hall–Kier alpha value is -2.18. The average Bonchev–Trinajstić information content (AvgIpc) is 2.27. The molecular weight excluding hydrogens is 255 g/mol. The zero-order valence-electron chi connectivity index (χ0n) is 10.7. The van der Waals surface area contributed by atoms with Crippen LogP contribution in [0.4, 0.5) is 15.8 Å². The van der Waals surface area contributed by atoms with Crippen LogP contribution in [-0.4, -0.2) is 28.6 Å². The highest BCUT2D eigenvalue weighted by Crippen LogP contribution is 2.30. The fourth-order valence-corrected chi connectivity index (χ4v) is 1.75. The van der Waals surface area contributed by atoms with Crippen LogP contribution in [0.5, 0.6) is 0 Å². The van der Waals surface area contributed by atoms with E-state index in [0.29, 0.717) is 0 Å². The third kappa shape index (κ3) is 3.90. The van der Waals surface area contributed by atoms with Crippen molar-refractivity contribution in [1.82, 2.24) is 0 Å². The molecule has 0 amide bonds. The lowest BCUT2D eigenvalue weighted by Crippen LogP contribution is -2.33. The van der Waals surface area contributed by atoms with Gasteiger partial charge in [0, 0.05) is 24.7 Å². The molecule has 0 aliphatic carbocycles. The van der Waals surface area contributed by atoms with E-state index in [-0.39, 0.29) is 30.4 Å². The number of hydrogen-bond acceptors (Lipinski definition) is 4. The summed E-state index contributed by atoms with van der Waals surface area (Å²) in [4.78, 5) is 22.5. The van der Waals surface area contributed by atoms with E-state index in [1.165, 1.54) is 4.90 Å². The summed E-state index contributed by atoms with van der Waals surface area (Å²) in [5, 5.41) is 19.6. The van der Waals surface area contributed by atoms with Gasteiger partial charge < -0.3 is 10.0 Å². The van der Waals surface area contributed by atoms with Gasteiger partial charge >= 0.3 is 5.97 Å². The normalized spacial score (nSPS) is 10.5. The summed E-state index contributed by atoms with van der Waals surface area (Å²) in [5.74, 6) is -1.61. The molecule has 0 aliphatic rings. The fraction of sp³-hybridized carbons (Fsp3) is 0.417. The Labute approximate surface area is 109 Å². The SMILES string of the molecule is CC(C)N(CCC(=O)O)c1cc(F)ccc1[N+](=O)[O-]. The highest BCUT2D eigenvalue weighted by atomic mass is 19.1. The molecule has 0 bridgehead atoms. The lowest BCUT2D eigenvalue weighted by Gasteiger charge is -2.28. The zero-order chi connectivity index (χ0) is 14.6.